The number of amides is 1. The fourth-order valence-electron chi connectivity index (χ4n) is 5.05. The Hall–Kier alpha value is -3.88. The number of carbonyl (C=O) groups is 4. The van der Waals surface area contributed by atoms with Gasteiger partial charge in [0.15, 0.2) is 0 Å². The smallest absolute Gasteiger partial charge is 0.311 e. The molecule has 224 valence electrons. The normalized spacial score (nSPS) is 14.1. The van der Waals surface area contributed by atoms with E-state index in [4.69, 9.17) is 18.9 Å². The molecule has 2 unspecified atom stereocenters. The van der Waals surface area contributed by atoms with E-state index in [1.54, 1.807) is 52.0 Å². The first-order chi connectivity index (χ1) is 19.2. The molecule has 9 nitrogen and oxygen atoms in total. The molecule has 0 aromatic heterocycles. The molecule has 0 saturated carbocycles. The minimum atomic E-state index is -1.14. The van der Waals surface area contributed by atoms with Crippen LogP contribution in [-0.4, -0.2) is 51.2 Å². The second-order valence-electron chi connectivity index (χ2n) is 11.5. The first kappa shape index (κ1) is 33.3. The lowest BCUT2D eigenvalue weighted by molar-refractivity contribution is -0.166. The molecule has 2 aromatic rings. The lowest BCUT2D eigenvalue weighted by Crippen LogP contribution is -2.44. The predicted molar refractivity (Wildman–Crippen MR) is 156 cm³/mol. The summed E-state index contributed by atoms with van der Waals surface area (Å²) in [6.45, 7) is 10.7. The zero-order valence-corrected chi connectivity index (χ0v) is 25.4. The molecule has 2 rings (SSSR count). The van der Waals surface area contributed by atoms with Crippen molar-refractivity contribution in [3.8, 4) is 5.75 Å². The Morgan fingerprint density at radius 3 is 1.90 bits per heavy atom. The topological polar surface area (TPSA) is 117 Å². The zero-order valence-electron chi connectivity index (χ0n) is 25.4. The summed E-state index contributed by atoms with van der Waals surface area (Å²) in [6, 6.07) is 14.2. The predicted octanol–water partition coefficient (Wildman–Crippen LogP) is 5.74. The van der Waals surface area contributed by atoms with Crippen molar-refractivity contribution >= 4 is 29.5 Å². The summed E-state index contributed by atoms with van der Waals surface area (Å²) in [7, 11) is 2.60. The van der Waals surface area contributed by atoms with Crippen molar-refractivity contribution in [3.63, 3.8) is 0 Å². The van der Waals surface area contributed by atoms with Crippen LogP contribution in [0.15, 0.2) is 48.5 Å². The molecule has 1 amide bonds. The van der Waals surface area contributed by atoms with E-state index in [0.29, 0.717) is 17.7 Å². The summed E-state index contributed by atoms with van der Waals surface area (Å²) in [6.07, 6.45) is 0.701. The molecular weight excluding hydrogens is 526 g/mol. The van der Waals surface area contributed by atoms with E-state index in [2.05, 4.69) is 5.32 Å². The van der Waals surface area contributed by atoms with E-state index in [-0.39, 0.29) is 32.0 Å². The SMILES string of the molecule is CCC(C)(CC(C)(CC(C)(C)C(=O)OCCOc1ccc(C(=O)Nc2ccccc2C)cc1)C(=O)OC)C(=O)OC. The average molecular weight is 570 g/mol. The summed E-state index contributed by atoms with van der Waals surface area (Å²) in [5.41, 5.74) is -0.928. The number of benzene rings is 2. The molecular formula is C32H43NO8. The van der Waals surface area contributed by atoms with E-state index in [0.717, 1.165) is 11.3 Å². The van der Waals surface area contributed by atoms with Gasteiger partial charge in [-0.3, -0.25) is 19.2 Å². The van der Waals surface area contributed by atoms with Crippen molar-refractivity contribution in [1.29, 1.82) is 0 Å². The number of carbonyl (C=O) groups excluding carboxylic acids is 4. The molecule has 0 saturated heterocycles. The Labute approximate surface area is 242 Å². The van der Waals surface area contributed by atoms with Gasteiger partial charge in [0.1, 0.15) is 19.0 Å². The molecule has 9 heteroatoms. The monoisotopic (exact) mass is 569 g/mol. The van der Waals surface area contributed by atoms with Crippen LogP contribution < -0.4 is 10.1 Å². The van der Waals surface area contributed by atoms with Gasteiger partial charge >= 0.3 is 17.9 Å². The van der Waals surface area contributed by atoms with Crippen molar-refractivity contribution in [3.05, 3.63) is 59.7 Å². The van der Waals surface area contributed by atoms with E-state index in [1.807, 2.05) is 38.1 Å². The van der Waals surface area contributed by atoms with Crippen molar-refractivity contribution in [2.75, 3.05) is 32.8 Å². The minimum absolute atomic E-state index is 0.0123. The Morgan fingerprint density at radius 1 is 0.756 bits per heavy atom. The standard InChI is InChI=1S/C32H43NO8/c1-9-31(5,28(36)38-7)21-32(6,29(37)39-8)20-30(3,4)27(35)41-19-18-40-24-16-14-23(15-17-24)26(34)33-25-13-11-10-12-22(25)2/h10-17H,9,18-21H2,1-8H3,(H,33,34). The number of hydrogen-bond acceptors (Lipinski definition) is 8. The van der Waals surface area contributed by atoms with Crippen LogP contribution in [0.1, 0.15) is 69.8 Å². The Kier molecular flexibility index (Phi) is 11.5. The van der Waals surface area contributed by atoms with Gasteiger partial charge in [-0.15, -0.1) is 0 Å². The first-order valence-corrected chi connectivity index (χ1v) is 13.7. The van der Waals surface area contributed by atoms with Gasteiger partial charge in [-0.05, 0) is 89.8 Å². The van der Waals surface area contributed by atoms with E-state index >= 15 is 0 Å². The third-order valence-electron chi connectivity index (χ3n) is 7.40. The molecule has 0 aliphatic heterocycles. The lowest BCUT2D eigenvalue weighted by Gasteiger charge is -2.39. The Bertz CT molecular complexity index is 1220. The second kappa shape index (κ2) is 14.1. The molecule has 2 aromatic carbocycles. The largest absolute Gasteiger partial charge is 0.490 e. The fraction of sp³-hybridized carbons (Fsp3) is 0.500. The number of esters is 3. The summed E-state index contributed by atoms with van der Waals surface area (Å²) >= 11 is 0. The number of aryl methyl sites for hydroxylation is 1. The van der Waals surface area contributed by atoms with Gasteiger partial charge in [-0.25, -0.2) is 0 Å². The maximum atomic E-state index is 13.0. The zero-order chi connectivity index (χ0) is 30.8. The van der Waals surface area contributed by atoms with Gasteiger partial charge in [0.25, 0.3) is 5.91 Å². The summed E-state index contributed by atoms with van der Waals surface area (Å²) in [5.74, 6) is -1.15. The van der Waals surface area contributed by atoms with Crippen molar-refractivity contribution < 1.29 is 38.1 Å². The molecule has 0 heterocycles. The molecule has 0 radical (unpaired) electrons. The molecule has 2 atom stereocenters. The quantitative estimate of drug-likeness (QED) is 0.174. The van der Waals surface area contributed by atoms with E-state index in [9.17, 15) is 19.2 Å². The highest BCUT2D eigenvalue weighted by molar-refractivity contribution is 6.04. The molecule has 41 heavy (non-hydrogen) atoms. The number of anilines is 1. The van der Waals surface area contributed by atoms with Crippen LogP contribution in [0.3, 0.4) is 0 Å². The van der Waals surface area contributed by atoms with Crippen LogP contribution in [0.5, 0.6) is 5.75 Å². The van der Waals surface area contributed by atoms with Gasteiger partial charge in [0, 0.05) is 11.3 Å². The molecule has 0 spiro atoms. The van der Waals surface area contributed by atoms with Crippen LogP contribution in [0.25, 0.3) is 0 Å². The Morgan fingerprint density at radius 2 is 1.34 bits per heavy atom. The highest BCUT2D eigenvalue weighted by Gasteiger charge is 2.49. The van der Waals surface area contributed by atoms with Gasteiger partial charge in [0.2, 0.25) is 0 Å². The number of ether oxygens (including phenoxy) is 4. The van der Waals surface area contributed by atoms with Crippen molar-refractivity contribution in [2.24, 2.45) is 16.2 Å². The van der Waals surface area contributed by atoms with Gasteiger partial charge in [-0.1, -0.05) is 25.1 Å². The van der Waals surface area contributed by atoms with Crippen molar-refractivity contribution in [2.45, 2.75) is 60.8 Å². The van der Waals surface area contributed by atoms with Crippen LogP contribution in [0.2, 0.25) is 0 Å². The van der Waals surface area contributed by atoms with Crippen LogP contribution in [0, 0.1) is 23.2 Å². The maximum Gasteiger partial charge on any atom is 0.311 e. The van der Waals surface area contributed by atoms with Crippen LogP contribution in [0.4, 0.5) is 5.69 Å². The third kappa shape index (κ3) is 8.80. The summed E-state index contributed by atoms with van der Waals surface area (Å²) in [5, 5.41) is 2.89. The number of methoxy groups -OCH3 is 2. The lowest BCUT2D eigenvalue weighted by atomic mass is 9.65. The molecule has 1 N–H and O–H groups in total. The van der Waals surface area contributed by atoms with E-state index in [1.165, 1.54) is 14.2 Å². The molecule has 0 fully saturated rings. The average Bonchev–Trinajstić information content (AvgIpc) is 2.95. The second-order valence-corrected chi connectivity index (χ2v) is 11.5. The number of nitrogens with one attached hydrogen (secondary N) is 1. The van der Waals surface area contributed by atoms with Crippen LogP contribution in [-0.2, 0) is 28.6 Å². The molecule has 0 aliphatic rings. The number of para-hydroxylation sites is 1. The van der Waals surface area contributed by atoms with Crippen LogP contribution >= 0.6 is 0 Å². The number of hydrogen-bond donors (Lipinski definition) is 1. The van der Waals surface area contributed by atoms with E-state index < -0.39 is 34.2 Å². The van der Waals surface area contributed by atoms with Gasteiger partial charge < -0.3 is 24.3 Å². The fourth-order valence-corrected chi connectivity index (χ4v) is 5.05. The van der Waals surface area contributed by atoms with Gasteiger partial charge in [-0.2, -0.15) is 0 Å². The van der Waals surface area contributed by atoms with Crippen molar-refractivity contribution in [1.82, 2.24) is 0 Å². The maximum absolute atomic E-state index is 13.0. The molecule has 0 aliphatic carbocycles. The van der Waals surface area contributed by atoms with Gasteiger partial charge in [0.05, 0.1) is 30.5 Å². The minimum Gasteiger partial charge on any atom is -0.490 e. The number of rotatable bonds is 14. The highest BCUT2D eigenvalue weighted by Crippen LogP contribution is 2.45. The summed E-state index contributed by atoms with van der Waals surface area (Å²) in [4.78, 5) is 50.9. The third-order valence-corrected chi connectivity index (χ3v) is 7.40. The Balaban J connectivity index is 1.94. The molecule has 0 bridgehead atoms. The first-order valence-electron chi connectivity index (χ1n) is 13.7. The summed E-state index contributed by atoms with van der Waals surface area (Å²) < 4.78 is 21.2. The highest BCUT2D eigenvalue weighted by atomic mass is 16.6.